The van der Waals surface area contributed by atoms with Gasteiger partial charge in [-0.25, -0.2) is 0 Å². The molecule has 0 amide bonds. The van der Waals surface area contributed by atoms with E-state index in [9.17, 15) is 4.79 Å². The molecule has 20 heavy (non-hydrogen) atoms. The molecule has 1 aliphatic heterocycles. The summed E-state index contributed by atoms with van der Waals surface area (Å²) in [5.41, 5.74) is 1.11. The maximum Gasteiger partial charge on any atom is 0.144 e. The van der Waals surface area contributed by atoms with Gasteiger partial charge in [-0.05, 0) is 23.4 Å². The molecule has 0 radical (unpaired) electrons. The van der Waals surface area contributed by atoms with Crippen molar-refractivity contribution in [3.63, 3.8) is 0 Å². The third kappa shape index (κ3) is 2.47. The van der Waals surface area contributed by atoms with E-state index in [0.717, 1.165) is 5.56 Å². The maximum absolute atomic E-state index is 12.5. The first-order valence-electron chi connectivity index (χ1n) is 7.04. The first-order chi connectivity index (χ1) is 9.79. The van der Waals surface area contributed by atoms with Crippen molar-refractivity contribution in [2.45, 2.75) is 12.5 Å². The van der Waals surface area contributed by atoms with Gasteiger partial charge in [-0.1, -0.05) is 42.5 Å². The lowest BCUT2D eigenvalue weighted by Gasteiger charge is -2.16. The zero-order valence-corrected chi connectivity index (χ0v) is 11.6. The van der Waals surface area contributed by atoms with Crippen LogP contribution in [-0.2, 0) is 16.0 Å². The molecule has 2 aromatic rings. The summed E-state index contributed by atoms with van der Waals surface area (Å²) in [6.45, 7) is 1.16. The predicted molar refractivity (Wildman–Crippen MR) is 79.8 cm³/mol. The molecule has 3 heteroatoms. The molecule has 3 rings (SSSR count). The van der Waals surface area contributed by atoms with Gasteiger partial charge in [0.15, 0.2) is 0 Å². The number of likely N-dealkylation sites (N-methyl/N-ethyl adjacent to an activating group) is 1. The fourth-order valence-electron chi connectivity index (χ4n) is 2.92. The van der Waals surface area contributed by atoms with Crippen molar-refractivity contribution >= 4 is 16.6 Å². The standard InChI is InChI=1S/C17H19NO2/c1-18-16-11-20-10-15(16)17(19)9-13-7-4-6-12-5-2-3-8-14(12)13/h2-8,15-16,18H,9-11H2,1H3. The van der Waals surface area contributed by atoms with E-state index in [1.54, 1.807) is 0 Å². The van der Waals surface area contributed by atoms with Crippen LogP contribution < -0.4 is 5.32 Å². The quantitative estimate of drug-likeness (QED) is 0.924. The van der Waals surface area contributed by atoms with E-state index in [-0.39, 0.29) is 17.7 Å². The third-order valence-corrected chi connectivity index (χ3v) is 4.11. The van der Waals surface area contributed by atoms with Crippen LogP contribution in [0.15, 0.2) is 42.5 Å². The van der Waals surface area contributed by atoms with Crippen molar-refractivity contribution in [1.29, 1.82) is 0 Å². The number of fused-ring (bicyclic) bond motifs is 1. The van der Waals surface area contributed by atoms with Gasteiger partial charge in [-0.2, -0.15) is 0 Å². The second-order valence-electron chi connectivity index (χ2n) is 5.32. The van der Waals surface area contributed by atoms with Gasteiger partial charge in [0.2, 0.25) is 0 Å². The number of hydrogen-bond acceptors (Lipinski definition) is 3. The monoisotopic (exact) mass is 269 g/mol. The number of ether oxygens (including phenoxy) is 1. The molecule has 3 nitrogen and oxygen atoms in total. The number of carbonyl (C=O) groups is 1. The minimum absolute atomic E-state index is 0.0287. The van der Waals surface area contributed by atoms with Crippen LogP contribution in [0.2, 0.25) is 0 Å². The first-order valence-corrected chi connectivity index (χ1v) is 7.04. The van der Waals surface area contributed by atoms with Crippen molar-refractivity contribution < 1.29 is 9.53 Å². The highest BCUT2D eigenvalue weighted by molar-refractivity contribution is 5.92. The number of Topliss-reactive ketones (excluding diaryl/α,β-unsaturated/α-hetero) is 1. The molecule has 1 aliphatic rings. The fourth-order valence-corrected chi connectivity index (χ4v) is 2.92. The summed E-state index contributed by atoms with van der Waals surface area (Å²) < 4.78 is 5.42. The van der Waals surface area contributed by atoms with Gasteiger partial charge in [0.1, 0.15) is 5.78 Å². The molecule has 1 N–H and O–H groups in total. The Labute approximate surface area is 118 Å². The Bertz CT molecular complexity index is 618. The fraction of sp³-hybridized carbons (Fsp3) is 0.353. The van der Waals surface area contributed by atoms with Crippen LogP contribution in [0.25, 0.3) is 10.8 Å². The van der Waals surface area contributed by atoms with Crippen LogP contribution in [0.1, 0.15) is 5.56 Å². The molecule has 2 atom stereocenters. The highest BCUT2D eigenvalue weighted by Gasteiger charge is 2.32. The van der Waals surface area contributed by atoms with Crippen molar-refractivity contribution in [3.8, 4) is 0 Å². The number of rotatable bonds is 4. The SMILES string of the molecule is CNC1COCC1C(=O)Cc1cccc2ccccc12. The van der Waals surface area contributed by atoms with E-state index in [0.29, 0.717) is 19.6 Å². The third-order valence-electron chi connectivity index (χ3n) is 4.11. The Kier molecular flexibility index (Phi) is 3.81. The van der Waals surface area contributed by atoms with Crippen LogP contribution in [0.5, 0.6) is 0 Å². The second kappa shape index (κ2) is 5.73. The Morgan fingerprint density at radius 3 is 2.85 bits per heavy atom. The van der Waals surface area contributed by atoms with Crippen LogP contribution in [0, 0.1) is 5.92 Å². The summed E-state index contributed by atoms with van der Waals surface area (Å²) >= 11 is 0. The van der Waals surface area contributed by atoms with Gasteiger partial charge < -0.3 is 10.1 Å². The van der Waals surface area contributed by atoms with Crippen LogP contribution in [0.4, 0.5) is 0 Å². The van der Waals surface area contributed by atoms with Crippen molar-refractivity contribution in [2.75, 3.05) is 20.3 Å². The van der Waals surface area contributed by atoms with Gasteiger partial charge >= 0.3 is 0 Å². The molecular formula is C17H19NO2. The van der Waals surface area contributed by atoms with Gasteiger partial charge in [-0.15, -0.1) is 0 Å². The molecule has 2 unspecified atom stereocenters. The molecule has 0 spiro atoms. The average molecular weight is 269 g/mol. The highest BCUT2D eigenvalue weighted by atomic mass is 16.5. The zero-order valence-electron chi connectivity index (χ0n) is 11.6. The largest absolute Gasteiger partial charge is 0.379 e. The molecular weight excluding hydrogens is 250 g/mol. The molecule has 104 valence electrons. The summed E-state index contributed by atoms with van der Waals surface area (Å²) in [5.74, 6) is 0.233. The smallest absolute Gasteiger partial charge is 0.144 e. The zero-order chi connectivity index (χ0) is 13.9. The van der Waals surface area contributed by atoms with Crippen LogP contribution in [0.3, 0.4) is 0 Å². The van der Waals surface area contributed by atoms with Crippen molar-refractivity contribution in [3.05, 3.63) is 48.0 Å². The van der Waals surface area contributed by atoms with Crippen LogP contribution >= 0.6 is 0 Å². The summed E-state index contributed by atoms with van der Waals surface area (Å²) in [5, 5.41) is 5.53. The van der Waals surface area contributed by atoms with E-state index in [1.807, 2.05) is 31.3 Å². The van der Waals surface area contributed by atoms with E-state index >= 15 is 0 Å². The number of ketones is 1. The molecule has 0 bridgehead atoms. The van der Waals surface area contributed by atoms with Crippen molar-refractivity contribution in [2.24, 2.45) is 5.92 Å². The summed E-state index contributed by atoms with van der Waals surface area (Å²) in [6.07, 6.45) is 0.480. The molecule has 2 aromatic carbocycles. The normalized spacial score (nSPS) is 22.2. The van der Waals surface area contributed by atoms with Crippen molar-refractivity contribution in [1.82, 2.24) is 5.32 Å². The van der Waals surface area contributed by atoms with E-state index in [1.165, 1.54) is 10.8 Å². The Hall–Kier alpha value is -1.71. The molecule has 1 fully saturated rings. The second-order valence-corrected chi connectivity index (χ2v) is 5.32. The van der Waals surface area contributed by atoms with Gasteiger partial charge in [0.25, 0.3) is 0 Å². The minimum Gasteiger partial charge on any atom is -0.379 e. The average Bonchev–Trinajstić information content (AvgIpc) is 2.96. The number of carbonyl (C=O) groups excluding carboxylic acids is 1. The topological polar surface area (TPSA) is 38.3 Å². The highest BCUT2D eigenvalue weighted by Crippen LogP contribution is 2.22. The molecule has 1 heterocycles. The number of nitrogens with one attached hydrogen (secondary N) is 1. The van der Waals surface area contributed by atoms with Crippen LogP contribution in [-0.4, -0.2) is 32.1 Å². The minimum atomic E-state index is -0.0287. The Morgan fingerprint density at radius 2 is 2.00 bits per heavy atom. The lowest BCUT2D eigenvalue weighted by atomic mass is 9.92. The molecule has 1 saturated heterocycles. The number of benzene rings is 2. The molecule has 0 aliphatic carbocycles. The Balaban J connectivity index is 1.84. The van der Waals surface area contributed by atoms with E-state index in [4.69, 9.17) is 4.74 Å². The van der Waals surface area contributed by atoms with Gasteiger partial charge in [0, 0.05) is 12.5 Å². The lowest BCUT2D eigenvalue weighted by molar-refractivity contribution is -0.122. The van der Waals surface area contributed by atoms with Gasteiger partial charge in [-0.3, -0.25) is 4.79 Å². The Morgan fingerprint density at radius 1 is 1.20 bits per heavy atom. The number of hydrogen-bond donors (Lipinski definition) is 1. The summed E-state index contributed by atoms with van der Waals surface area (Å²) in [4.78, 5) is 12.5. The first kappa shape index (κ1) is 13.3. The molecule has 0 aromatic heterocycles. The van der Waals surface area contributed by atoms with E-state index in [2.05, 4.69) is 23.5 Å². The van der Waals surface area contributed by atoms with Gasteiger partial charge in [0.05, 0.1) is 19.1 Å². The molecule has 0 saturated carbocycles. The van der Waals surface area contributed by atoms with E-state index < -0.39 is 0 Å². The maximum atomic E-state index is 12.5. The summed E-state index contributed by atoms with van der Waals surface area (Å²) in [6, 6.07) is 14.5. The predicted octanol–water partition coefficient (Wildman–Crippen LogP) is 2.19. The lowest BCUT2D eigenvalue weighted by Crippen LogP contribution is -2.37. The summed E-state index contributed by atoms with van der Waals surface area (Å²) in [7, 11) is 1.89.